The topological polar surface area (TPSA) is 73.3 Å². The van der Waals surface area contributed by atoms with Crippen LogP contribution in [-0.4, -0.2) is 28.7 Å². The molecule has 0 saturated carbocycles. The monoisotopic (exact) mass is 349 g/mol. The number of aryl methyl sites for hydroxylation is 1. The predicted octanol–water partition coefficient (Wildman–Crippen LogP) is 3.39. The summed E-state index contributed by atoms with van der Waals surface area (Å²) in [4.78, 5) is 13.0. The average Bonchev–Trinajstić information content (AvgIpc) is 3.03. The Hall–Kier alpha value is -2.15. The Morgan fingerprint density at radius 1 is 1.29 bits per heavy atom. The van der Waals surface area contributed by atoms with E-state index >= 15 is 0 Å². The van der Waals surface area contributed by atoms with Crippen LogP contribution in [0.2, 0.25) is 0 Å². The van der Waals surface area contributed by atoms with Crippen LogP contribution in [0.1, 0.15) is 54.7 Å². The second kappa shape index (κ2) is 8.10. The maximum Gasteiger partial charge on any atom is 0.265 e. The Labute approximate surface area is 146 Å². The van der Waals surface area contributed by atoms with Crippen LogP contribution in [0, 0.1) is 0 Å². The van der Waals surface area contributed by atoms with Crippen molar-refractivity contribution in [1.29, 1.82) is 0 Å². The van der Waals surface area contributed by atoms with E-state index in [9.17, 15) is 4.79 Å². The molecule has 24 heavy (non-hydrogen) atoms. The van der Waals surface area contributed by atoms with Crippen LogP contribution >= 0.6 is 11.5 Å². The predicted molar refractivity (Wildman–Crippen MR) is 93.9 cm³/mol. The zero-order valence-electron chi connectivity index (χ0n) is 14.6. The van der Waals surface area contributed by atoms with Gasteiger partial charge in [-0.3, -0.25) is 4.79 Å². The summed E-state index contributed by atoms with van der Waals surface area (Å²) < 4.78 is 15.0. The van der Waals surface area contributed by atoms with Crippen molar-refractivity contribution >= 4 is 17.4 Å². The molecule has 2 rings (SSSR count). The Morgan fingerprint density at radius 3 is 2.67 bits per heavy atom. The second-order valence-corrected chi connectivity index (χ2v) is 6.43. The van der Waals surface area contributed by atoms with Gasteiger partial charge in [0.2, 0.25) is 0 Å². The van der Waals surface area contributed by atoms with Gasteiger partial charge >= 0.3 is 0 Å². The maximum atomic E-state index is 12.4. The molecule has 6 nitrogen and oxygen atoms in total. The van der Waals surface area contributed by atoms with Crippen LogP contribution in [0.15, 0.2) is 18.2 Å². The summed E-state index contributed by atoms with van der Waals surface area (Å²) in [6, 6.07) is 5.50. The van der Waals surface area contributed by atoms with E-state index in [-0.39, 0.29) is 18.1 Å². The lowest BCUT2D eigenvalue weighted by atomic mass is 10.1. The van der Waals surface area contributed by atoms with E-state index in [2.05, 4.69) is 14.9 Å². The number of nitrogens with one attached hydrogen (secondary N) is 1. The first-order valence-corrected chi connectivity index (χ1v) is 8.70. The minimum absolute atomic E-state index is 0.0631. The van der Waals surface area contributed by atoms with Gasteiger partial charge in [-0.25, -0.2) is 0 Å². The van der Waals surface area contributed by atoms with E-state index in [1.54, 1.807) is 7.11 Å². The number of benzene rings is 1. The summed E-state index contributed by atoms with van der Waals surface area (Å²) in [5.74, 6) is 1.18. The van der Waals surface area contributed by atoms with Crippen LogP contribution in [0.3, 0.4) is 0 Å². The highest BCUT2D eigenvalue weighted by Gasteiger charge is 2.18. The zero-order valence-corrected chi connectivity index (χ0v) is 15.4. The minimum Gasteiger partial charge on any atom is -0.493 e. The normalized spacial score (nSPS) is 12.1. The molecule has 0 spiro atoms. The second-order valence-electron chi connectivity index (χ2n) is 5.67. The molecule has 130 valence electrons. The molecule has 0 saturated heterocycles. The first kappa shape index (κ1) is 18.2. The molecule has 0 fully saturated rings. The molecular formula is C17H23N3O3S. The van der Waals surface area contributed by atoms with Crippen LogP contribution in [-0.2, 0) is 6.42 Å². The van der Waals surface area contributed by atoms with Gasteiger partial charge in [0.05, 0.1) is 24.9 Å². The molecule has 1 amide bonds. The molecule has 1 aromatic carbocycles. The maximum absolute atomic E-state index is 12.4. The number of aromatic nitrogens is 2. The summed E-state index contributed by atoms with van der Waals surface area (Å²) >= 11 is 1.12. The van der Waals surface area contributed by atoms with E-state index in [1.807, 2.05) is 45.9 Å². The Balaban J connectivity index is 2.14. The Morgan fingerprint density at radius 2 is 2.04 bits per heavy atom. The number of methoxy groups -OCH3 is 1. The molecule has 0 bridgehead atoms. The van der Waals surface area contributed by atoms with E-state index in [0.717, 1.165) is 22.8 Å². The van der Waals surface area contributed by atoms with Crippen molar-refractivity contribution in [2.24, 2.45) is 0 Å². The van der Waals surface area contributed by atoms with Crippen molar-refractivity contribution in [2.75, 3.05) is 7.11 Å². The average molecular weight is 349 g/mol. The largest absolute Gasteiger partial charge is 0.493 e. The van der Waals surface area contributed by atoms with Gasteiger partial charge in [-0.15, -0.1) is 5.10 Å². The molecule has 1 N–H and O–H groups in total. The summed E-state index contributed by atoms with van der Waals surface area (Å²) in [5.41, 5.74) is 1.66. The molecule has 1 unspecified atom stereocenters. The van der Waals surface area contributed by atoms with Crippen molar-refractivity contribution in [1.82, 2.24) is 14.9 Å². The summed E-state index contributed by atoms with van der Waals surface area (Å²) in [6.07, 6.45) is 0.746. The number of hydrogen-bond acceptors (Lipinski definition) is 6. The molecule has 0 aliphatic rings. The fourth-order valence-corrected chi connectivity index (χ4v) is 2.92. The lowest BCUT2D eigenvalue weighted by Crippen LogP contribution is -2.26. The number of rotatable bonds is 7. The first-order valence-electron chi connectivity index (χ1n) is 7.92. The molecule has 0 aliphatic carbocycles. The molecule has 1 atom stereocenters. The van der Waals surface area contributed by atoms with E-state index in [0.29, 0.717) is 22.8 Å². The van der Waals surface area contributed by atoms with Crippen LogP contribution in [0.25, 0.3) is 0 Å². The third kappa shape index (κ3) is 4.23. The van der Waals surface area contributed by atoms with E-state index < -0.39 is 0 Å². The Kier molecular flexibility index (Phi) is 6.14. The van der Waals surface area contributed by atoms with Gasteiger partial charge < -0.3 is 14.8 Å². The highest BCUT2D eigenvalue weighted by molar-refractivity contribution is 7.08. The lowest BCUT2D eigenvalue weighted by molar-refractivity contribution is 0.0943. The van der Waals surface area contributed by atoms with Gasteiger partial charge in [-0.05, 0) is 56.4 Å². The molecular weight excluding hydrogens is 326 g/mol. The van der Waals surface area contributed by atoms with E-state index in [4.69, 9.17) is 9.47 Å². The summed E-state index contributed by atoms with van der Waals surface area (Å²) in [6.45, 7) is 7.81. The van der Waals surface area contributed by atoms with E-state index in [1.165, 1.54) is 0 Å². The van der Waals surface area contributed by atoms with Crippen molar-refractivity contribution in [3.05, 3.63) is 34.3 Å². The molecule has 0 radical (unpaired) electrons. The molecule has 2 aromatic rings. The number of hydrogen-bond donors (Lipinski definition) is 1. The molecule has 7 heteroatoms. The third-order valence-electron chi connectivity index (χ3n) is 3.49. The zero-order chi connectivity index (χ0) is 17.7. The van der Waals surface area contributed by atoms with Gasteiger partial charge in [0.15, 0.2) is 11.5 Å². The van der Waals surface area contributed by atoms with Crippen LogP contribution < -0.4 is 14.8 Å². The lowest BCUT2D eigenvalue weighted by Gasteiger charge is -2.18. The third-order valence-corrected chi connectivity index (χ3v) is 4.26. The van der Waals surface area contributed by atoms with Gasteiger partial charge in [0.25, 0.3) is 5.91 Å². The quantitative estimate of drug-likeness (QED) is 0.829. The van der Waals surface area contributed by atoms with Crippen LogP contribution in [0.4, 0.5) is 0 Å². The minimum atomic E-state index is -0.175. The summed E-state index contributed by atoms with van der Waals surface area (Å²) in [5, 5.41) is 6.95. The number of nitrogens with zero attached hydrogens (tertiary/aromatic N) is 2. The van der Waals surface area contributed by atoms with Crippen molar-refractivity contribution in [3.8, 4) is 11.5 Å². The fourth-order valence-electron chi connectivity index (χ4n) is 2.26. The number of carbonyl (C=O) groups is 1. The van der Waals surface area contributed by atoms with Crippen molar-refractivity contribution in [2.45, 2.75) is 46.3 Å². The fraction of sp³-hybridized carbons (Fsp3) is 0.471. The number of carbonyl (C=O) groups excluding carboxylic acids is 1. The standard InChI is InChI=1S/C17H23N3O3S/c1-6-13-16(24-20-19-13)17(21)18-11(4)12-7-8-14(23-10(2)3)15(9-12)22-5/h7-11H,6H2,1-5H3,(H,18,21). The summed E-state index contributed by atoms with van der Waals surface area (Å²) in [7, 11) is 1.60. The highest BCUT2D eigenvalue weighted by Crippen LogP contribution is 2.31. The molecule has 1 aromatic heterocycles. The first-order chi connectivity index (χ1) is 11.5. The SMILES string of the molecule is CCc1nnsc1C(=O)NC(C)c1ccc(OC(C)C)c(OC)c1. The van der Waals surface area contributed by atoms with Gasteiger partial charge in [-0.1, -0.05) is 17.5 Å². The molecule has 0 aliphatic heterocycles. The van der Waals surface area contributed by atoms with Gasteiger partial charge in [-0.2, -0.15) is 0 Å². The van der Waals surface area contributed by atoms with Crippen molar-refractivity contribution in [3.63, 3.8) is 0 Å². The highest BCUT2D eigenvalue weighted by atomic mass is 32.1. The Bertz CT molecular complexity index is 700. The van der Waals surface area contributed by atoms with Gasteiger partial charge in [0, 0.05) is 0 Å². The number of ether oxygens (including phenoxy) is 2. The molecule has 1 heterocycles. The number of amides is 1. The van der Waals surface area contributed by atoms with Gasteiger partial charge in [0.1, 0.15) is 4.88 Å². The smallest absolute Gasteiger partial charge is 0.265 e. The van der Waals surface area contributed by atoms with Crippen LogP contribution in [0.5, 0.6) is 11.5 Å². The van der Waals surface area contributed by atoms with Crippen molar-refractivity contribution < 1.29 is 14.3 Å².